The van der Waals surface area contributed by atoms with Crippen LogP contribution in [0, 0.1) is 5.92 Å². The molecule has 1 saturated heterocycles. The predicted molar refractivity (Wildman–Crippen MR) is 138 cm³/mol. The van der Waals surface area contributed by atoms with Crippen LogP contribution >= 0.6 is 0 Å². The third-order valence-corrected chi connectivity index (χ3v) is 7.47. The lowest BCUT2D eigenvalue weighted by atomic mass is 9.95. The maximum absolute atomic E-state index is 6.46. The first-order valence-electron chi connectivity index (χ1n) is 12.4. The highest BCUT2D eigenvalue weighted by molar-refractivity contribution is 5.87. The molecule has 4 atom stereocenters. The second kappa shape index (κ2) is 8.46. The van der Waals surface area contributed by atoms with Gasteiger partial charge in [0.2, 0.25) is 0 Å². The molecule has 0 bridgehead atoms. The number of anilines is 2. The molecule has 4 heterocycles. The third kappa shape index (κ3) is 3.90. The number of hydrogen-bond acceptors (Lipinski definition) is 7. The van der Waals surface area contributed by atoms with Gasteiger partial charge in [-0.3, -0.25) is 0 Å². The molecule has 1 aliphatic heterocycles. The topological polar surface area (TPSA) is 86.1 Å². The smallest absolute Gasteiger partial charge is 0.163 e. The molecule has 1 aliphatic carbocycles. The molecule has 35 heavy (non-hydrogen) atoms. The molecule has 2 fully saturated rings. The van der Waals surface area contributed by atoms with Crippen molar-refractivity contribution in [1.82, 2.24) is 19.5 Å². The number of nitrogens with zero attached hydrogens (tertiary/aromatic N) is 4. The zero-order chi connectivity index (χ0) is 24.2. The Hall–Kier alpha value is -3.23. The quantitative estimate of drug-likeness (QED) is 0.418. The summed E-state index contributed by atoms with van der Waals surface area (Å²) in [5.74, 6) is 1.54. The standard InChI is InChI=1S/C27H32N6O2/c1-27(2)34-23-18(8-6-16-5-7-17-9-10-22(28-3)32-20(17)13-16)14-21(24(23)35-27)33-12-11-19-25(29-4)30-15-31-26(19)33/h5,7,9-13,15,18,21,23-24H,6,8,14H2,1-4H3,(H,28,32)(H,29,30,31)/t18-,21+,23+,24-/m0/s1. The van der Waals surface area contributed by atoms with E-state index in [0.29, 0.717) is 5.92 Å². The second-order valence-corrected chi connectivity index (χ2v) is 10.1. The van der Waals surface area contributed by atoms with E-state index >= 15 is 0 Å². The highest BCUT2D eigenvalue weighted by Crippen LogP contribution is 2.49. The van der Waals surface area contributed by atoms with Crippen molar-refractivity contribution in [2.75, 3.05) is 24.7 Å². The lowest BCUT2D eigenvalue weighted by molar-refractivity contribution is -0.160. The van der Waals surface area contributed by atoms with Gasteiger partial charge in [0.25, 0.3) is 0 Å². The molecule has 6 rings (SSSR count). The van der Waals surface area contributed by atoms with Crippen LogP contribution in [0.5, 0.6) is 0 Å². The molecule has 1 aromatic carbocycles. The third-order valence-electron chi connectivity index (χ3n) is 7.47. The van der Waals surface area contributed by atoms with Gasteiger partial charge in [-0.15, -0.1) is 0 Å². The minimum Gasteiger partial charge on any atom is -0.373 e. The van der Waals surface area contributed by atoms with Gasteiger partial charge in [0.05, 0.1) is 23.0 Å². The average molecular weight is 473 g/mol. The number of nitrogens with one attached hydrogen (secondary N) is 2. The Bertz CT molecular complexity index is 1380. The number of hydrogen-bond donors (Lipinski definition) is 2. The van der Waals surface area contributed by atoms with E-state index in [1.165, 1.54) is 5.56 Å². The molecular weight excluding hydrogens is 440 g/mol. The van der Waals surface area contributed by atoms with Gasteiger partial charge in [-0.2, -0.15) is 0 Å². The molecule has 1 saturated carbocycles. The highest BCUT2D eigenvalue weighted by Gasteiger charge is 2.54. The van der Waals surface area contributed by atoms with Crippen molar-refractivity contribution in [2.24, 2.45) is 5.92 Å². The molecule has 0 radical (unpaired) electrons. The summed E-state index contributed by atoms with van der Waals surface area (Å²) in [6.07, 6.45) is 6.80. The van der Waals surface area contributed by atoms with E-state index in [0.717, 1.165) is 52.8 Å². The van der Waals surface area contributed by atoms with Gasteiger partial charge in [0.15, 0.2) is 5.79 Å². The molecule has 182 valence electrons. The Morgan fingerprint density at radius 1 is 1.03 bits per heavy atom. The van der Waals surface area contributed by atoms with Gasteiger partial charge < -0.3 is 24.7 Å². The monoisotopic (exact) mass is 472 g/mol. The number of pyridine rings is 1. The predicted octanol–water partition coefficient (Wildman–Crippen LogP) is 4.78. The van der Waals surface area contributed by atoms with Crippen molar-refractivity contribution >= 4 is 33.6 Å². The molecule has 3 aromatic heterocycles. The zero-order valence-electron chi connectivity index (χ0n) is 20.7. The van der Waals surface area contributed by atoms with E-state index in [1.807, 2.05) is 34.0 Å². The summed E-state index contributed by atoms with van der Waals surface area (Å²) >= 11 is 0. The zero-order valence-corrected chi connectivity index (χ0v) is 20.7. The summed E-state index contributed by atoms with van der Waals surface area (Å²) < 4.78 is 15.2. The van der Waals surface area contributed by atoms with Crippen LogP contribution in [0.2, 0.25) is 0 Å². The lowest BCUT2D eigenvalue weighted by Crippen LogP contribution is -2.27. The lowest BCUT2D eigenvalue weighted by Gasteiger charge is -2.24. The number of rotatable bonds is 6. The van der Waals surface area contributed by atoms with Crippen LogP contribution in [0.1, 0.15) is 38.3 Å². The minimum atomic E-state index is -0.587. The van der Waals surface area contributed by atoms with E-state index < -0.39 is 5.79 Å². The van der Waals surface area contributed by atoms with E-state index in [1.54, 1.807) is 6.33 Å². The second-order valence-electron chi connectivity index (χ2n) is 10.1. The highest BCUT2D eigenvalue weighted by atomic mass is 16.8. The molecular formula is C27H32N6O2. The van der Waals surface area contributed by atoms with Crippen LogP contribution < -0.4 is 10.6 Å². The van der Waals surface area contributed by atoms with Crippen LogP contribution in [-0.4, -0.2) is 51.6 Å². The van der Waals surface area contributed by atoms with E-state index in [4.69, 9.17) is 14.5 Å². The molecule has 8 nitrogen and oxygen atoms in total. The molecule has 0 amide bonds. The molecule has 4 aromatic rings. The average Bonchev–Trinajstić information content (AvgIpc) is 3.52. The Labute approximate surface area is 205 Å². The summed E-state index contributed by atoms with van der Waals surface area (Å²) in [5.41, 5.74) is 3.26. The van der Waals surface area contributed by atoms with Crippen molar-refractivity contribution in [3.05, 3.63) is 54.5 Å². The fraction of sp³-hybridized carbons (Fsp3) is 0.444. The van der Waals surface area contributed by atoms with Gasteiger partial charge in [0, 0.05) is 25.7 Å². The van der Waals surface area contributed by atoms with Crippen LogP contribution in [0.4, 0.5) is 11.6 Å². The van der Waals surface area contributed by atoms with Gasteiger partial charge in [0.1, 0.15) is 29.7 Å². The molecule has 2 aliphatic rings. The van der Waals surface area contributed by atoms with Crippen molar-refractivity contribution in [3.8, 4) is 0 Å². The van der Waals surface area contributed by atoms with Crippen LogP contribution in [-0.2, 0) is 15.9 Å². The van der Waals surface area contributed by atoms with Gasteiger partial charge in [-0.05, 0) is 68.9 Å². The first-order valence-corrected chi connectivity index (χ1v) is 12.4. The van der Waals surface area contributed by atoms with Crippen molar-refractivity contribution in [3.63, 3.8) is 0 Å². The number of fused-ring (bicyclic) bond motifs is 3. The van der Waals surface area contributed by atoms with Crippen LogP contribution in [0.25, 0.3) is 21.9 Å². The molecule has 2 N–H and O–H groups in total. The van der Waals surface area contributed by atoms with Gasteiger partial charge in [-0.25, -0.2) is 15.0 Å². The van der Waals surface area contributed by atoms with E-state index in [2.05, 4.69) is 61.7 Å². The summed E-state index contributed by atoms with van der Waals surface area (Å²) in [6, 6.07) is 13.0. The van der Waals surface area contributed by atoms with Crippen molar-refractivity contribution in [1.29, 1.82) is 0 Å². The minimum absolute atomic E-state index is 0.00458. The maximum Gasteiger partial charge on any atom is 0.163 e. The Morgan fingerprint density at radius 2 is 1.86 bits per heavy atom. The Balaban J connectivity index is 1.26. The Kier molecular flexibility index (Phi) is 5.38. The molecule has 0 unspecified atom stereocenters. The fourth-order valence-electron chi connectivity index (χ4n) is 5.86. The van der Waals surface area contributed by atoms with Crippen molar-refractivity contribution in [2.45, 2.75) is 57.1 Å². The van der Waals surface area contributed by atoms with E-state index in [-0.39, 0.29) is 18.2 Å². The van der Waals surface area contributed by atoms with Gasteiger partial charge >= 0.3 is 0 Å². The summed E-state index contributed by atoms with van der Waals surface area (Å²) in [7, 11) is 3.79. The summed E-state index contributed by atoms with van der Waals surface area (Å²) in [6.45, 7) is 4.03. The number of aryl methyl sites for hydroxylation is 1. The fourth-order valence-corrected chi connectivity index (χ4v) is 5.86. The Morgan fingerprint density at radius 3 is 2.69 bits per heavy atom. The number of ether oxygens (including phenoxy) is 2. The first-order chi connectivity index (χ1) is 17.0. The van der Waals surface area contributed by atoms with Gasteiger partial charge in [-0.1, -0.05) is 12.1 Å². The van der Waals surface area contributed by atoms with Crippen LogP contribution in [0.15, 0.2) is 48.9 Å². The number of benzene rings is 1. The molecule has 8 heteroatoms. The van der Waals surface area contributed by atoms with Crippen molar-refractivity contribution < 1.29 is 9.47 Å². The first kappa shape index (κ1) is 22.2. The summed E-state index contributed by atoms with van der Waals surface area (Å²) in [4.78, 5) is 13.7. The molecule has 0 spiro atoms. The largest absolute Gasteiger partial charge is 0.373 e. The normalized spacial score (nSPS) is 25.3. The summed E-state index contributed by atoms with van der Waals surface area (Å²) in [5, 5.41) is 8.48. The SMILES string of the molecule is CNc1ccc2ccc(CC[C@H]3C[C@@H](n4ccc5c(NC)ncnc54)[C@@H]4OC(C)(C)O[C@H]34)cc2n1. The number of aromatic nitrogens is 4. The maximum atomic E-state index is 6.46. The van der Waals surface area contributed by atoms with E-state index in [9.17, 15) is 0 Å². The van der Waals surface area contributed by atoms with Crippen LogP contribution in [0.3, 0.4) is 0 Å².